The molecule has 0 radical (unpaired) electrons. The van der Waals surface area contributed by atoms with Crippen LogP contribution in [-0.2, 0) is 4.74 Å². The second-order valence-corrected chi connectivity index (χ2v) is 3.96. The van der Waals surface area contributed by atoms with Crippen LogP contribution in [0.25, 0.3) is 10.4 Å². The zero-order valence-corrected chi connectivity index (χ0v) is 9.08. The maximum Gasteiger partial charge on any atom is 0.338 e. The van der Waals surface area contributed by atoms with Crippen molar-refractivity contribution in [3.63, 3.8) is 0 Å². The Labute approximate surface area is 92.1 Å². The number of carbonyl (C=O) groups excluding carboxylic acids is 1. The van der Waals surface area contributed by atoms with Gasteiger partial charge in [-0.1, -0.05) is 24.3 Å². The van der Waals surface area contributed by atoms with Crippen molar-refractivity contribution in [2.45, 2.75) is 0 Å². The number of rotatable bonds is 2. The minimum absolute atomic E-state index is 0.293. The maximum absolute atomic E-state index is 11.5. The lowest BCUT2D eigenvalue weighted by Gasteiger charge is -2.04. The molecule has 0 unspecified atom stereocenters. The van der Waals surface area contributed by atoms with Gasteiger partial charge in [0.05, 0.1) is 12.7 Å². The van der Waals surface area contributed by atoms with Gasteiger partial charge in [0.2, 0.25) is 0 Å². The summed E-state index contributed by atoms with van der Waals surface area (Å²) in [6.45, 7) is 0. The Hall–Kier alpha value is -1.61. The molecule has 1 heterocycles. The summed E-state index contributed by atoms with van der Waals surface area (Å²) in [5.74, 6) is -0.293. The Kier molecular flexibility index (Phi) is 2.83. The summed E-state index contributed by atoms with van der Waals surface area (Å²) in [5, 5.41) is 1.99. The van der Waals surface area contributed by atoms with Crippen LogP contribution < -0.4 is 0 Å². The molecule has 1 aromatic carbocycles. The molecule has 0 aliphatic rings. The van der Waals surface area contributed by atoms with Gasteiger partial charge in [-0.2, -0.15) is 0 Å². The van der Waals surface area contributed by atoms with Crippen molar-refractivity contribution in [2.24, 2.45) is 0 Å². The molecule has 2 aromatic rings. The lowest BCUT2D eigenvalue weighted by atomic mass is 10.1. The first-order chi connectivity index (χ1) is 7.33. The smallest absolute Gasteiger partial charge is 0.338 e. The van der Waals surface area contributed by atoms with Crippen molar-refractivity contribution in [3.05, 3.63) is 47.3 Å². The fourth-order valence-corrected chi connectivity index (χ4v) is 2.18. The first-order valence-corrected chi connectivity index (χ1v) is 5.42. The number of thiophene rings is 1. The molecule has 0 amide bonds. The molecule has 2 rings (SSSR count). The first kappa shape index (κ1) is 9.93. The Balaban J connectivity index is 2.52. The summed E-state index contributed by atoms with van der Waals surface area (Å²) in [7, 11) is 1.40. The van der Waals surface area contributed by atoms with Gasteiger partial charge in [0.25, 0.3) is 0 Å². The van der Waals surface area contributed by atoms with Crippen LogP contribution in [0.2, 0.25) is 0 Å². The van der Waals surface area contributed by atoms with Crippen molar-refractivity contribution in [2.75, 3.05) is 7.11 Å². The van der Waals surface area contributed by atoms with Gasteiger partial charge in [0.15, 0.2) is 0 Å². The highest BCUT2D eigenvalue weighted by Crippen LogP contribution is 2.28. The Morgan fingerprint density at radius 3 is 2.67 bits per heavy atom. The highest BCUT2D eigenvalue weighted by molar-refractivity contribution is 7.13. The van der Waals surface area contributed by atoms with E-state index in [1.165, 1.54) is 7.11 Å². The minimum Gasteiger partial charge on any atom is -0.465 e. The van der Waals surface area contributed by atoms with Crippen molar-refractivity contribution in [1.29, 1.82) is 0 Å². The van der Waals surface area contributed by atoms with Crippen LogP contribution in [0.15, 0.2) is 41.8 Å². The second kappa shape index (κ2) is 4.28. The van der Waals surface area contributed by atoms with E-state index in [0.717, 1.165) is 10.4 Å². The van der Waals surface area contributed by atoms with Crippen LogP contribution in [0.1, 0.15) is 10.4 Å². The lowest BCUT2D eigenvalue weighted by molar-refractivity contribution is 0.0601. The first-order valence-electron chi connectivity index (χ1n) is 4.54. The largest absolute Gasteiger partial charge is 0.465 e. The van der Waals surface area contributed by atoms with E-state index in [9.17, 15) is 4.79 Å². The topological polar surface area (TPSA) is 26.3 Å². The molecule has 2 nitrogen and oxygen atoms in total. The maximum atomic E-state index is 11.5. The normalized spacial score (nSPS) is 9.93. The lowest BCUT2D eigenvalue weighted by Crippen LogP contribution is -2.02. The molecule has 0 aliphatic carbocycles. The zero-order chi connectivity index (χ0) is 10.7. The predicted octanol–water partition coefficient (Wildman–Crippen LogP) is 3.20. The van der Waals surface area contributed by atoms with Crippen LogP contribution in [0.5, 0.6) is 0 Å². The molecular formula is C12H10O2S. The molecule has 0 aliphatic heterocycles. The monoisotopic (exact) mass is 218 g/mol. The van der Waals surface area contributed by atoms with Gasteiger partial charge in [-0.25, -0.2) is 4.79 Å². The molecular weight excluding hydrogens is 208 g/mol. The number of hydrogen-bond acceptors (Lipinski definition) is 3. The summed E-state index contributed by atoms with van der Waals surface area (Å²) < 4.78 is 4.74. The molecule has 0 atom stereocenters. The standard InChI is InChI=1S/C12H10O2S/c1-14-12(13)10-6-3-2-5-9(10)11-7-4-8-15-11/h2-8H,1H3. The Bertz CT molecular complexity index is 460. The predicted molar refractivity (Wildman–Crippen MR) is 61.1 cm³/mol. The fourth-order valence-electron chi connectivity index (χ4n) is 1.42. The molecule has 0 bridgehead atoms. The van der Waals surface area contributed by atoms with E-state index in [1.54, 1.807) is 17.4 Å². The van der Waals surface area contributed by atoms with Gasteiger partial charge in [0.1, 0.15) is 0 Å². The van der Waals surface area contributed by atoms with E-state index < -0.39 is 0 Å². The van der Waals surface area contributed by atoms with Crippen LogP contribution in [0.3, 0.4) is 0 Å². The fraction of sp³-hybridized carbons (Fsp3) is 0.0833. The molecule has 1 aromatic heterocycles. The highest BCUT2D eigenvalue weighted by Gasteiger charge is 2.12. The molecule has 3 heteroatoms. The average molecular weight is 218 g/mol. The van der Waals surface area contributed by atoms with Crippen LogP contribution >= 0.6 is 11.3 Å². The van der Waals surface area contributed by atoms with E-state index in [2.05, 4.69) is 0 Å². The van der Waals surface area contributed by atoms with Gasteiger partial charge in [0, 0.05) is 10.4 Å². The number of benzene rings is 1. The van der Waals surface area contributed by atoms with Gasteiger partial charge < -0.3 is 4.74 Å². The summed E-state index contributed by atoms with van der Waals surface area (Å²) in [5.41, 5.74) is 1.54. The number of hydrogen-bond donors (Lipinski definition) is 0. The van der Waals surface area contributed by atoms with E-state index in [0.29, 0.717) is 5.56 Å². The van der Waals surface area contributed by atoms with E-state index in [1.807, 2.05) is 35.7 Å². The van der Waals surface area contributed by atoms with Gasteiger partial charge in [-0.05, 0) is 17.5 Å². The third kappa shape index (κ3) is 1.92. The Morgan fingerprint density at radius 2 is 2.00 bits per heavy atom. The minimum atomic E-state index is -0.293. The number of ether oxygens (including phenoxy) is 1. The summed E-state index contributed by atoms with van der Waals surface area (Å²) in [6.07, 6.45) is 0. The van der Waals surface area contributed by atoms with Crippen molar-refractivity contribution in [1.82, 2.24) is 0 Å². The quantitative estimate of drug-likeness (QED) is 0.723. The van der Waals surface area contributed by atoms with Crippen molar-refractivity contribution < 1.29 is 9.53 Å². The van der Waals surface area contributed by atoms with Crippen LogP contribution in [-0.4, -0.2) is 13.1 Å². The summed E-state index contributed by atoms with van der Waals surface area (Å²) >= 11 is 1.61. The molecule has 0 fully saturated rings. The molecule has 0 saturated carbocycles. The average Bonchev–Trinajstić information content (AvgIpc) is 2.81. The van der Waals surface area contributed by atoms with Crippen molar-refractivity contribution >= 4 is 17.3 Å². The molecule has 0 N–H and O–H groups in total. The number of esters is 1. The second-order valence-electron chi connectivity index (χ2n) is 3.01. The van der Waals surface area contributed by atoms with Crippen LogP contribution in [0, 0.1) is 0 Å². The number of methoxy groups -OCH3 is 1. The SMILES string of the molecule is COC(=O)c1ccccc1-c1cccs1. The van der Waals surface area contributed by atoms with E-state index in [4.69, 9.17) is 4.74 Å². The molecule has 0 saturated heterocycles. The van der Waals surface area contributed by atoms with E-state index in [-0.39, 0.29) is 5.97 Å². The van der Waals surface area contributed by atoms with Gasteiger partial charge in [-0.15, -0.1) is 11.3 Å². The molecule has 76 valence electrons. The number of carbonyl (C=O) groups is 1. The summed E-state index contributed by atoms with van der Waals surface area (Å²) in [6, 6.07) is 11.4. The summed E-state index contributed by atoms with van der Waals surface area (Å²) in [4.78, 5) is 12.6. The molecule has 15 heavy (non-hydrogen) atoms. The third-order valence-corrected chi connectivity index (χ3v) is 3.02. The third-order valence-electron chi connectivity index (χ3n) is 2.12. The Morgan fingerprint density at radius 1 is 1.20 bits per heavy atom. The van der Waals surface area contributed by atoms with E-state index >= 15 is 0 Å². The molecule has 0 spiro atoms. The zero-order valence-electron chi connectivity index (χ0n) is 8.27. The van der Waals surface area contributed by atoms with Crippen LogP contribution in [0.4, 0.5) is 0 Å². The highest BCUT2D eigenvalue weighted by atomic mass is 32.1. The van der Waals surface area contributed by atoms with Gasteiger partial charge >= 0.3 is 5.97 Å². The van der Waals surface area contributed by atoms with Crippen molar-refractivity contribution in [3.8, 4) is 10.4 Å². The van der Waals surface area contributed by atoms with Gasteiger partial charge in [-0.3, -0.25) is 0 Å².